The average Bonchev–Trinajstić information content (AvgIpc) is 2.68. The van der Waals surface area contributed by atoms with Crippen molar-refractivity contribution >= 4 is 35.2 Å². The second-order valence-electron chi connectivity index (χ2n) is 6.30. The van der Waals surface area contributed by atoms with Crippen LogP contribution in [0.1, 0.15) is 12.0 Å². The molecule has 2 amide bonds. The molecule has 2 aromatic rings. The number of nitrogens with zero attached hydrogens (tertiary/aromatic N) is 1. The van der Waals surface area contributed by atoms with Gasteiger partial charge in [-0.25, -0.2) is 4.39 Å². The minimum Gasteiger partial charge on any atom is -0.456 e. The molecule has 0 saturated carbocycles. The summed E-state index contributed by atoms with van der Waals surface area (Å²) in [6.07, 6.45) is -0.144. The Morgan fingerprint density at radius 2 is 1.89 bits per heavy atom. The van der Waals surface area contributed by atoms with Crippen molar-refractivity contribution in [1.82, 2.24) is 4.90 Å². The molecule has 6 nitrogen and oxygen atoms in total. The Kier molecular flexibility index (Phi) is 6.30. The number of fused-ring (bicyclic) bond motifs is 1. The molecule has 0 spiro atoms. The number of ether oxygens (including phenoxy) is 1. The highest BCUT2D eigenvalue weighted by Gasteiger charge is 2.29. The number of likely N-dealkylation sites (N-methyl/N-ethyl adjacent to an activating group) is 1. The van der Waals surface area contributed by atoms with E-state index >= 15 is 0 Å². The number of rotatable bonds is 6. The van der Waals surface area contributed by atoms with Crippen molar-refractivity contribution in [1.29, 1.82) is 0 Å². The molecule has 28 heavy (non-hydrogen) atoms. The van der Waals surface area contributed by atoms with Gasteiger partial charge in [-0.05, 0) is 18.2 Å². The van der Waals surface area contributed by atoms with Crippen LogP contribution in [0.15, 0.2) is 53.4 Å². The van der Waals surface area contributed by atoms with Crippen LogP contribution in [0.5, 0.6) is 0 Å². The SMILES string of the molecule is CN(Cc1ccccc1F)C(=O)COC(=O)C[C@H]1Sc2ccccc2NC1=O. The Labute approximate surface area is 166 Å². The van der Waals surface area contributed by atoms with E-state index in [1.807, 2.05) is 18.2 Å². The molecule has 0 unspecified atom stereocenters. The molecule has 2 aromatic carbocycles. The smallest absolute Gasteiger partial charge is 0.307 e. The maximum Gasteiger partial charge on any atom is 0.307 e. The molecular formula is C20H19FN2O4S. The highest BCUT2D eigenvalue weighted by atomic mass is 32.2. The van der Waals surface area contributed by atoms with Gasteiger partial charge in [-0.3, -0.25) is 14.4 Å². The molecule has 0 aromatic heterocycles. The number of thioether (sulfide) groups is 1. The number of carbonyl (C=O) groups excluding carboxylic acids is 3. The Morgan fingerprint density at radius 3 is 2.68 bits per heavy atom. The number of benzene rings is 2. The van der Waals surface area contributed by atoms with Gasteiger partial charge in [0.1, 0.15) is 5.82 Å². The van der Waals surface area contributed by atoms with Crippen molar-refractivity contribution in [3.63, 3.8) is 0 Å². The zero-order valence-electron chi connectivity index (χ0n) is 15.2. The van der Waals surface area contributed by atoms with Crippen molar-refractivity contribution in [2.24, 2.45) is 0 Å². The van der Waals surface area contributed by atoms with E-state index in [1.165, 1.54) is 29.8 Å². The fraction of sp³-hybridized carbons (Fsp3) is 0.250. The van der Waals surface area contributed by atoms with E-state index in [1.54, 1.807) is 24.3 Å². The van der Waals surface area contributed by atoms with E-state index in [2.05, 4.69) is 5.32 Å². The molecule has 0 aliphatic carbocycles. The first-order valence-electron chi connectivity index (χ1n) is 8.63. The molecule has 0 radical (unpaired) electrons. The van der Waals surface area contributed by atoms with Gasteiger partial charge in [-0.1, -0.05) is 30.3 Å². The number of hydrogen-bond donors (Lipinski definition) is 1. The molecule has 0 saturated heterocycles. The summed E-state index contributed by atoms with van der Waals surface area (Å²) in [7, 11) is 1.50. The molecule has 1 N–H and O–H groups in total. The minimum atomic E-state index is -0.639. The van der Waals surface area contributed by atoms with Crippen LogP contribution in [0.3, 0.4) is 0 Å². The summed E-state index contributed by atoms with van der Waals surface area (Å²) < 4.78 is 18.7. The number of para-hydroxylation sites is 1. The summed E-state index contributed by atoms with van der Waals surface area (Å²) in [6, 6.07) is 13.5. The van der Waals surface area contributed by atoms with E-state index in [4.69, 9.17) is 4.74 Å². The first-order valence-corrected chi connectivity index (χ1v) is 9.51. The fourth-order valence-electron chi connectivity index (χ4n) is 2.66. The Morgan fingerprint density at radius 1 is 1.18 bits per heavy atom. The average molecular weight is 402 g/mol. The molecule has 8 heteroatoms. The van der Waals surface area contributed by atoms with E-state index in [0.29, 0.717) is 11.3 Å². The van der Waals surface area contributed by atoms with Gasteiger partial charge >= 0.3 is 5.97 Å². The zero-order chi connectivity index (χ0) is 20.1. The van der Waals surface area contributed by atoms with Crippen LogP contribution >= 0.6 is 11.8 Å². The zero-order valence-corrected chi connectivity index (χ0v) is 16.0. The van der Waals surface area contributed by atoms with Crippen molar-refractivity contribution in [2.45, 2.75) is 23.1 Å². The number of amides is 2. The fourth-order valence-corrected chi connectivity index (χ4v) is 3.76. The van der Waals surface area contributed by atoms with Gasteiger partial charge < -0.3 is 15.0 Å². The Hall–Kier alpha value is -2.87. The second-order valence-corrected chi connectivity index (χ2v) is 7.54. The summed E-state index contributed by atoms with van der Waals surface area (Å²) in [4.78, 5) is 38.5. The van der Waals surface area contributed by atoms with Crippen molar-refractivity contribution in [3.8, 4) is 0 Å². The molecule has 0 fully saturated rings. The van der Waals surface area contributed by atoms with Crippen LogP contribution < -0.4 is 5.32 Å². The van der Waals surface area contributed by atoms with Gasteiger partial charge in [0, 0.05) is 24.1 Å². The van der Waals surface area contributed by atoms with E-state index in [0.717, 1.165) is 4.90 Å². The second kappa shape index (κ2) is 8.88. The minimum absolute atomic E-state index is 0.0702. The molecule has 1 aliphatic heterocycles. The van der Waals surface area contributed by atoms with E-state index in [-0.39, 0.29) is 18.9 Å². The maximum absolute atomic E-state index is 13.7. The van der Waals surface area contributed by atoms with Crippen molar-refractivity contribution in [3.05, 3.63) is 59.9 Å². The standard InChI is InChI=1S/C20H19FN2O4S/c1-23(11-13-6-2-3-7-14(13)21)18(24)12-27-19(25)10-17-20(26)22-15-8-4-5-9-16(15)28-17/h2-9,17H,10-12H2,1H3,(H,22,26)/t17-/m1/s1. The maximum atomic E-state index is 13.7. The molecule has 3 rings (SSSR count). The lowest BCUT2D eigenvalue weighted by Crippen LogP contribution is -2.34. The number of halogens is 1. The Bertz CT molecular complexity index is 905. The van der Waals surface area contributed by atoms with E-state index in [9.17, 15) is 18.8 Å². The quantitative estimate of drug-likeness (QED) is 0.752. The van der Waals surface area contributed by atoms with Crippen molar-refractivity contribution < 1.29 is 23.5 Å². The molecule has 1 atom stereocenters. The van der Waals surface area contributed by atoms with E-state index < -0.39 is 29.6 Å². The summed E-state index contributed by atoms with van der Waals surface area (Å²) in [6.45, 7) is -0.389. The lowest BCUT2D eigenvalue weighted by atomic mass is 10.2. The third kappa shape index (κ3) is 4.89. The highest BCUT2D eigenvalue weighted by molar-refractivity contribution is 8.01. The van der Waals surface area contributed by atoms with Crippen LogP contribution in [0.25, 0.3) is 0 Å². The molecule has 1 heterocycles. The van der Waals surface area contributed by atoms with Crippen LogP contribution in [-0.2, 0) is 25.7 Å². The molecule has 1 aliphatic rings. The third-order valence-electron chi connectivity index (χ3n) is 4.21. The summed E-state index contributed by atoms with van der Waals surface area (Å²) in [5.74, 6) is -1.77. The number of anilines is 1. The number of carbonyl (C=O) groups is 3. The lowest BCUT2D eigenvalue weighted by Gasteiger charge is -2.23. The normalized spacial score (nSPS) is 15.4. The van der Waals surface area contributed by atoms with Gasteiger partial charge in [0.05, 0.1) is 17.4 Å². The lowest BCUT2D eigenvalue weighted by molar-refractivity contribution is -0.152. The number of nitrogens with one attached hydrogen (secondary N) is 1. The van der Waals surface area contributed by atoms with Crippen LogP contribution in [-0.4, -0.2) is 41.6 Å². The van der Waals surface area contributed by atoms with Crippen LogP contribution in [0, 0.1) is 5.82 Å². The predicted molar refractivity (Wildman–Crippen MR) is 103 cm³/mol. The highest BCUT2D eigenvalue weighted by Crippen LogP contribution is 2.36. The first kappa shape index (κ1) is 19.9. The molecule has 0 bridgehead atoms. The van der Waals surface area contributed by atoms with Crippen molar-refractivity contribution in [2.75, 3.05) is 19.0 Å². The summed E-state index contributed by atoms with van der Waals surface area (Å²) in [5.41, 5.74) is 1.09. The third-order valence-corrected chi connectivity index (χ3v) is 5.48. The van der Waals surface area contributed by atoms with Gasteiger partial charge in [0.2, 0.25) is 5.91 Å². The summed E-state index contributed by atoms with van der Waals surface area (Å²) >= 11 is 1.29. The predicted octanol–water partition coefficient (Wildman–Crippen LogP) is 2.83. The van der Waals surface area contributed by atoms with Gasteiger partial charge in [-0.2, -0.15) is 0 Å². The Balaban J connectivity index is 1.48. The van der Waals surface area contributed by atoms with Crippen LogP contribution in [0.4, 0.5) is 10.1 Å². The van der Waals surface area contributed by atoms with Gasteiger partial charge in [0.15, 0.2) is 6.61 Å². The van der Waals surface area contributed by atoms with Gasteiger partial charge in [0.25, 0.3) is 5.91 Å². The monoisotopic (exact) mass is 402 g/mol. The van der Waals surface area contributed by atoms with Crippen LogP contribution in [0.2, 0.25) is 0 Å². The first-order chi connectivity index (χ1) is 13.4. The molecular weight excluding hydrogens is 383 g/mol. The number of hydrogen-bond acceptors (Lipinski definition) is 5. The molecule has 146 valence electrons. The van der Waals surface area contributed by atoms with Gasteiger partial charge in [-0.15, -0.1) is 11.8 Å². The topological polar surface area (TPSA) is 75.7 Å². The largest absolute Gasteiger partial charge is 0.456 e. The summed E-state index contributed by atoms with van der Waals surface area (Å²) in [5, 5.41) is 2.14. The number of esters is 1.